The molecule has 0 fully saturated rings. The van der Waals surface area contributed by atoms with Crippen molar-refractivity contribution in [2.45, 2.75) is 34.6 Å². The Kier molecular flexibility index (Phi) is 868. The van der Waals surface area contributed by atoms with Gasteiger partial charge in [-0.15, -0.1) is 6.58 Å². The van der Waals surface area contributed by atoms with Gasteiger partial charge >= 0.3 is 0 Å². The minimum absolute atomic E-state index is 0. The lowest BCUT2D eigenvalue weighted by Gasteiger charge is -1.31. The Bertz CT molecular complexity index is 185. The number of hydrogen-bond donors (Lipinski definition) is 2. The summed E-state index contributed by atoms with van der Waals surface area (Å²) in [6.07, 6.45) is 1.75. The molecule has 0 atom stereocenters. The van der Waals surface area contributed by atoms with E-state index in [2.05, 4.69) is 6.58 Å². The second kappa shape index (κ2) is 316. The summed E-state index contributed by atoms with van der Waals surface area (Å²) in [4.78, 5) is 0. The predicted molar refractivity (Wildman–Crippen MR) is 71.1 cm³/mol. The molecule has 0 radical (unpaired) electrons. The van der Waals surface area contributed by atoms with E-state index in [1.54, 1.807) is 30.4 Å². The first-order chi connectivity index (χ1) is 7.07. The van der Waals surface area contributed by atoms with Crippen LogP contribution in [0.3, 0.4) is 0 Å². The molecule has 0 saturated carbocycles. The van der Waals surface area contributed by atoms with Gasteiger partial charge in [0.1, 0.15) is 0 Å². The maximum absolute atomic E-state index is 7.32. The quantitative estimate of drug-likeness (QED) is 0.613. The molecule has 6 N–H and O–H groups in total. The molecule has 0 aliphatic rings. The van der Waals surface area contributed by atoms with Crippen LogP contribution in [-0.4, -0.2) is 0 Å². The highest BCUT2D eigenvalue weighted by atomic mass is 14.2. The molecule has 98 valence electrons. The van der Waals surface area contributed by atoms with Crippen molar-refractivity contribution in [1.29, 1.82) is 21.0 Å². The van der Waals surface area contributed by atoms with Crippen LogP contribution in [0.4, 0.5) is 0 Å². The monoisotopic (exact) mass is 240 g/mol. The maximum Gasteiger partial charge on any atom is 0.0587 e. The van der Waals surface area contributed by atoms with Gasteiger partial charge in [-0.1, -0.05) is 6.08 Å². The SMILES string of the molecule is C=CC.CC#N.CC#N.CC#N.CC#N.N.N. The zero-order valence-electron chi connectivity index (χ0n) is 11.5. The fourth-order valence-electron chi connectivity index (χ4n) is 0. The molecule has 0 saturated heterocycles. The molecule has 0 amide bonds. The number of allylic oxidation sites excluding steroid dienone is 1. The van der Waals surface area contributed by atoms with Crippen molar-refractivity contribution in [3.63, 3.8) is 0 Å². The Morgan fingerprint density at radius 1 is 0.706 bits per heavy atom. The van der Waals surface area contributed by atoms with Crippen LogP contribution in [-0.2, 0) is 0 Å². The Hall–Kier alpha value is -2.38. The molecule has 17 heavy (non-hydrogen) atoms. The van der Waals surface area contributed by atoms with E-state index < -0.39 is 0 Å². The summed E-state index contributed by atoms with van der Waals surface area (Å²) in [7, 11) is 0. The minimum Gasteiger partial charge on any atom is -0.344 e. The van der Waals surface area contributed by atoms with Gasteiger partial charge in [-0.3, -0.25) is 0 Å². The minimum atomic E-state index is 0. The van der Waals surface area contributed by atoms with Crippen LogP contribution >= 0.6 is 0 Å². The summed E-state index contributed by atoms with van der Waals surface area (Å²) in [6.45, 7) is 11.0. The van der Waals surface area contributed by atoms with Crippen LogP contribution in [0.2, 0.25) is 0 Å². The van der Waals surface area contributed by atoms with Crippen molar-refractivity contribution in [3.8, 4) is 24.3 Å². The molecule has 0 aromatic carbocycles. The van der Waals surface area contributed by atoms with Crippen molar-refractivity contribution in [2.75, 3.05) is 0 Å². The third-order valence-electron chi connectivity index (χ3n) is 0. The van der Waals surface area contributed by atoms with Gasteiger partial charge in [0.15, 0.2) is 0 Å². The molecule has 0 spiro atoms. The lowest BCUT2D eigenvalue weighted by Crippen LogP contribution is -1.10. The molecule has 6 nitrogen and oxygen atoms in total. The molecule has 6 heteroatoms. The Labute approximate surface area is 106 Å². The smallest absolute Gasteiger partial charge is 0.0587 e. The molecular weight excluding hydrogens is 216 g/mol. The summed E-state index contributed by atoms with van der Waals surface area (Å²) in [6, 6.07) is 7.00. The molecule has 0 aliphatic carbocycles. The van der Waals surface area contributed by atoms with Crippen molar-refractivity contribution >= 4 is 0 Å². The average molecular weight is 240 g/mol. The first-order valence-corrected chi connectivity index (χ1v) is 3.88. The summed E-state index contributed by atoms with van der Waals surface area (Å²) < 4.78 is 0. The highest BCUT2D eigenvalue weighted by Gasteiger charge is 1.18. The molecular formula is C11H24N6. The van der Waals surface area contributed by atoms with Crippen LogP contribution in [0.15, 0.2) is 12.7 Å². The van der Waals surface area contributed by atoms with E-state index >= 15 is 0 Å². The van der Waals surface area contributed by atoms with Gasteiger partial charge in [-0.25, -0.2) is 0 Å². The first kappa shape index (κ1) is 46.7. The van der Waals surface area contributed by atoms with Gasteiger partial charge in [0.25, 0.3) is 0 Å². The van der Waals surface area contributed by atoms with Gasteiger partial charge < -0.3 is 12.3 Å². The molecule has 0 unspecified atom stereocenters. The van der Waals surface area contributed by atoms with E-state index in [1.165, 1.54) is 27.7 Å². The van der Waals surface area contributed by atoms with E-state index in [0.29, 0.717) is 0 Å². The lowest BCUT2D eigenvalue weighted by molar-refractivity contribution is 1.49. The van der Waals surface area contributed by atoms with Gasteiger partial charge in [0.2, 0.25) is 0 Å². The second-order valence-electron chi connectivity index (χ2n) is 1.30. The van der Waals surface area contributed by atoms with E-state index in [1.807, 2.05) is 6.92 Å². The van der Waals surface area contributed by atoms with Gasteiger partial charge in [-0.05, 0) is 6.92 Å². The third kappa shape index (κ3) is 325. The fourth-order valence-corrected chi connectivity index (χ4v) is 0. The molecule has 0 rings (SSSR count). The highest BCUT2D eigenvalue weighted by molar-refractivity contribution is 4.52. The van der Waals surface area contributed by atoms with Gasteiger partial charge in [0, 0.05) is 27.7 Å². The van der Waals surface area contributed by atoms with E-state index in [9.17, 15) is 0 Å². The van der Waals surface area contributed by atoms with Crippen LogP contribution in [0, 0.1) is 45.3 Å². The van der Waals surface area contributed by atoms with Gasteiger partial charge in [-0.2, -0.15) is 21.0 Å². The summed E-state index contributed by atoms with van der Waals surface area (Å²) in [5, 5.41) is 29.3. The van der Waals surface area contributed by atoms with Crippen molar-refractivity contribution in [3.05, 3.63) is 12.7 Å². The summed E-state index contributed by atoms with van der Waals surface area (Å²) in [5.41, 5.74) is 0. The molecule has 0 aromatic rings. The third-order valence-corrected chi connectivity index (χ3v) is 0. The van der Waals surface area contributed by atoms with Crippen molar-refractivity contribution in [2.24, 2.45) is 0 Å². The lowest BCUT2D eigenvalue weighted by atomic mass is 10.8. The molecule has 0 heterocycles. The Morgan fingerprint density at radius 2 is 0.706 bits per heavy atom. The highest BCUT2D eigenvalue weighted by Crippen LogP contribution is 1.38. The molecule has 0 aliphatic heterocycles. The summed E-state index contributed by atoms with van der Waals surface area (Å²) >= 11 is 0. The standard InChI is InChI=1S/C3H6.4C2H3N.2H3N/c1-3-2;4*1-2-3;;/h3H,1H2,2H3;4*1H3;2*1H3. The number of nitrogens with zero attached hydrogens (tertiary/aromatic N) is 4. The predicted octanol–water partition coefficient (Wildman–Crippen LogP) is 3.64. The van der Waals surface area contributed by atoms with Crippen LogP contribution in [0.5, 0.6) is 0 Å². The summed E-state index contributed by atoms with van der Waals surface area (Å²) in [5.74, 6) is 0. The molecule has 0 aromatic heterocycles. The van der Waals surface area contributed by atoms with E-state index in [-0.39, 0.29) is 12.3 Å². The first-order valence-electron chi connectivity index (χ1n) is 3.88. The van der Waals surface area contributed by atoms with Crippen LogP contribution < -0.4 is 12.3 Å². The Morgan fingerprint density at radius 3 is 0.706 bits per heavy atom. The maximum atomic E-state index is 7.32. The average Bonchev–Trinajstić information content (AvgIpc) is 2.09. The van der Waals surface area contributed by atoms with Gasteiger partial charge in [0.05, 0.1) is 24.3 Å². The van der Waals surface area contributed by atoms with Crippen molar-refractivity contribution in [1.82, 2.24) is 12.3 Å². The largest absolute Gasteiger partial charge is 0.344 e. The zero-order chi connectivity index (χ0) is 13.5. The van der Waals surface area contributed by atoms with E-state index in [0.717, 1.165) is 0 Å². The van der Waals surface area contributed by atoms with E-state index in [4.69, 9.17) is 21.0 Å². The topological polar surface area (TPSA) is 165 Å². The normalized spacial score (nSPS) is 2.65. The Balaban J connectivity index is -0.0000000143. The van der Waals surface area contributed by atoms with Crippen molar-refractivity contribution < 1.29 is 0 Å². The van der Waals surface area contributed by atoms with Crippen LogP contribution in [0.1, 0.15) is 34.6 Å². The molecule has 0 bridgehead atoms. The number of hydrogen-bond acceptors (Lipinski definition) is 6. The number of nitriles is 4. The fraction of sp³-hybridized carbons (Fsp3) is 0.455. The number of rotatable bonds is 0. The second-order valence-corrected chi connectivity index (χ2v) is 1.30. The zero-order valence-corrected chi connectivity index (χ0v) is 11.5. The van der Waals surface area contributed by atoms with Crippen LogP contribution in [0.25, 0.3) is 0 Å².